The molecule has 1 aromatic heterocycles. The molecule has 0 unspecified atom stereocenters. The van der Waals surface area contributed by atoms with Crippen molar-refractivity contribution in [3.05, 3.63) is 122 Å². The van der Waals surface area contributed by atoms with Crippen LogP contribution in [0.5, 0.6) is 0 Å². The van der Waals surface area contributed by atoms with Crippen LogP contribution >= 0.6 is 23.2 Å². The number of allylic oxidation sites excluding steroid dienone is 1. The summed E-state index contributed by atoms with van der Waals surface area (Å²) in [5.41, 5.74) is 3.62. The Bertz CT molecular complexity index is 1620. The number of para-hydroxylation sites is 1. The van der Waals surface area contributed by atoms with Crippen LogP contribution in [0.2, 0.25) is 10.0 Å². The second kappa shape index (κ2) is 9.66. The number of hydrogen-bond acceptors (Lipinski definition) is 4. The molecule has 1 amide bonds. The minimum Gasteiger partial charge on any atom is -0.422 e. The number of carbonyl (C=O) groups excluding carboxylic acids is 1. The molecule has 3 aromatic carbocycles. The average Bonchev–Trinajstić information content (AvgIpc) is 3.30. The lowest BCUT2D eigenvalue weighted by atomic mass is 9.77. The quantitative estimate of drug-likeness (QED) is 0.258. The first-order valence-electron chi connectivity index (χ1n) is 12.1. The lowest BCUT2D eigenvalue weighted by Crippen LogP contribution is -2.34. The Morgan fingerprint density at radius 3 is 2.43 bits per heavy atom. The van der Waals surface area contributed by atoms with Crippen molar-refractivity contribution in [2.45, 2.75) is 25.3 Å². The summed E-state index contributed by atoms with van der Waals surface area (Å²) in [5, 5.41) is 8.31. The van der Waals surface area contributed by atoms with Crippen LogP contribution in [0.4, 0.5) is 0 Å². The third-order valence-electron chi connectivity index (χ3n) is 7.00. The molecule has 0 radical (unpaired) electrons. The standard InChI is InChI=1S/C30H22Cl2N2O3/c31-22-12-8-18(9-13-22)16-21-5-3-6-24-27(21)33-34(28(24)19-10-14-23(32)15-11-19)29(35)25-17-20-4-1-2-7-26(20)37-30(25)36/h1-2,4,7-17,24,28H,3,5-6H2/b21-16-/t24-,28-/m0/s1. The highest BCUT2D eigenvalue weighted by atomic mass is 35.5. The van der Waals surface area contributed by atoms with Crippen LogP contribution in [0.15, 0.2) is 98.7 Å². The molecule has 1 saturated carbocycles. The molecule has 0 saturated heterocycles. The van der Waals surface area contributed by atoms with E-state index in [0.29, 0.717) is 21.0 Å². The normalized spacial score (nSPS) is 20.2. The maximum absolute atomic E-state index is 13.9. The molecule has 1 aliphatic carbocycles. The molecule has 5 nitrogen and oxygen atoms in total. The third-order valence-corrected chi connectivity index (χ3v) is 7.51. The Labute approximate surface area is 223 Å². The maximum Gasteiger partial charge on any atom is 0.349 e. The zero-order valence-electron chi connectivity index (χ0n) is 19.7. The predicted octanol–water partition coefficient (Wildman–Crippen LogP) is 7.54. The topological polar surface area (TPSA) is 62.9 Å². The Morgan fingerprint density at radius 1 is 0.973 bits per heavy atom. The van der Waals surface area contributed by atoms with Crippen molar-refractivity contribution in [1.29, 1.82) is 0 Å². The molecule has 184 valence electrons. The van der Waals surface area contributed by atoms with Gasteiger partial charge in [0.15, 0.2) is 0 Å². The largest absolute Gasteiger partial charge is 0.422 e. The van der Waals surface area contributed by atoms with Gasteiger partial charge in [-0.1, -0.05) is 65.7 Å². The Morgan fingerprint density at radius 2 is 1.68 bits per heavy atom. The van der Waals surface area contributed by atoms with Crippen LogP contribution < -0.4 is 5.63 Å². The number of nitrogens with zero attached hydrogens (tertiary/aromatic N) is 2. The Kier molecular flexibility index (Phi) is 6.19. The van der Waals surface area contributed by atoms with Gasteiger partial charge in [-0.15, -0.1) is 0 Å². The second-order valence-corrected chi connectivity index (χ2v) is 10.2. The monoisotopic (exact) mass is 528 g/mol. The molecule has 0 bridgehead atoms. The number of hydrogen-bond donors (Lipinski definition) is 0. The molecule has 1 aliphatic heterocycles. The zero-order chi connectivity index (χ0) is 25.5. The summed E-state index contributed by atoms with van der Waals surface area (Å²) in [6, 6.07) is 23.5. The Hall–Kier alpha value is -3.67. The smallest absolute Gasteiger partial charge is 0.349 e. The van der Waals surface area contributed by atoms with Crippen LogP contribution in [-0.2, 0) is 0 Å². The molecule has 2 aliphatic rings. The molecular formula is C30H22Cl2N2O3. The van der Waals surface area contributed by atoms with Crippen LogP contribution in [0.1, 0.15) is 46.8 Å². The zero-order valence-corrected chi connectivity index (χ0v) is 21.2. The van der Waals surface area contributed by atoms with Gasteiger partial charge in [0.1, 0.15) is 11.1 Å². The van der Waals surface area contributed by atoms with E-state index in [2.05, 4.69) is 6.08 Å². The van der Waals surface area contributed by atoms with Gasteiger partial charge in [0.05, 0.1) is 11.8 Å². The summed E-state index contributed by atoms with van der Waals surface area (Å²) in [7, 11) is 0. The first-order chi connectivity index (χ1) is 18.0. The fourth-order valence-corrected chi connectivity index (χ4v) is 5.51. The van der Waals surface area contributed by atoms with E-state index in [-0.39, 0.29) is 17.5 Å². The SMILES string of the molecule is O=C(c1cc2ccccc2oc1=O)N1N=C2/C(=C\c3ccc(Cl)cc3)CCC[C@@H]2[C@@H]1c1ccc(Cl)cc1. The van der Waals surface area contributed by atoms with Gasteiger partial charge in [0.25, 0.3) is 5.91 Å². The second-order valence-electron chi connectivity index (χ2n) is 9.34. The fraction of sp³-hybridized carbons (Fsp3) is 0.167. The lowest BCUT2D eigenvalue weighted by molar-refractivity contribution is 0.0676. The molecule has 6 rings (SSSR count). The minimum absolute atomic E-state index is 0.00933. The van der Waals surface area contributed by atoms with Crippen LogP contribution in [-0.4, -0.2) is 16.6 Å². The number of hydrazone groups is 1. The summed E-state index contributed by atoms with van der Waals surface area (Å²) in [4.78, 5) is 26.8. The fourth-order valence-electron chi connectivity index (χ4n) is 5.26. The molecule has 2 atom stereocenters. The molecule has 37 heavy (non-hydrogen) atoms. The molecular weight excluding hydrogens is 507 g/mol. The first kappa shape index (κ1) is 23.7. The van der Waals surface area contributed by atoms with Crippen molar-refractivity contribution in [2.24, 2.45) is 11.0 Å². The van der Waals surface area contributed by atoms with E-state index in [1.54, 1.807) is 18.2 Å². The Balaban J connectivity index is 1.46. The van der Waals surface area contributed by atoms with Gasteiger partial charge in [-0.05, 0) is 78.4 Å². The number of halogens is 2. The molecule has 0 spiro atoms. The van der Waals surface area contributed by atoms with Crippen molar-refractivity contribution in [2.75, 3.05) is 0 Å². The number of rotatable bonds is 3. The van der Waals surface area contributed by atoms with Crippen molar-refractivity contribution in [3.63, 3.8) is 0 Å². The maximum atomic E-state index is 13.9. The van der Waals surface area contributed by atoms with Crippen LogP contribution in [0.3, 0.4) is 0 Å². The van der Waals surface area contributed by atoms with E-state index in [1.165, 1.54) is 5.01 Å². The highest BCUT2D eigenvalue weighted by Crippen LogP contribution is 2.45. The first-order valence-corrected chi connectivity index (χ1v) is 12.9. The van der Waals surface area contributed by atoms with E-state index >= 15 is 0 Å². The van der Waals surface area contributed by atoms with Gasteiger partial charge in [0.2, 0.25) is 0 Å². The molecule has 0 N–H and O–H groups in total. The van der Waals surface area contributed by atoms with Gasteiger partial charge in [-0.25, -0.2) is 9.80 Å². The van der Waals surface area contributed by atoms with Crippen molar-refractivity contribution in [3.8, 4) is 0 Å². The van der Waals surface area contributed by atoms with E-state index in [0.717, 1.165) is 41.7 Å². The van der Waals surface area contributed by atoms with Gasteiger partial charge in [-0.2, -0.15) is 5.10 Å². The summed E-state index contributed by atoms with van der Waals surface area (Å²) in [6.07, 6.45) is 4.80. The van der Waals surface area contributed by atoms with Crippen molar-refractivity contribution in [1.82, 2.24) is 5.01 Å². The predicted molar refractivity (Wildman–Crippen MR) is 147 cm³/mol. The average molecular weight is 529 g/mol. The minimum atomic E-state index is -0.675. The number of carbonyl (C=O) groups is 1. The van der Waals surface area contributed by atoms with E-state index in [4.69, 9.17) is 32.7 Å². The van der Waals surface area contributed by atoms with E-state index < -0.39 is 11.5 Å². The van der Waals surface area contributed by atoms with Crippen molar-refractivity contribution < 1.29 is 9.21 Å². The highest BCUT2D eigenvalue weighted by Gasteiger charge is 2.44. The van der Waals surface area contributed by atoms with Gasteiger partial charge in [-0.3, -0.25) is 4.79 Å². The van der Waals surface area contributed by atoms with Crippen LogP contribution in [0.25, 0.3) is 17.0 Å². The number of benzene rings is 3. The van der Waals surface area contributed by atoms with E-state index in [1.807, 2.05) is 60.7 Å². The molecule has 1 fully saturated rings. The molecule has 2 heterocycles. The highest BCUT2D eigenvalue weighted by molar-refractivity contribution is 6.30. The van der Waals surface area contributed by atoms with E-state index in [9.17, 15) is 9.59 Å². The van der Waals surface area contributed by atoms with Crippen LogP contribution in [0, 0.1) is 5.92 Å². The number of fused-ring (bicyclic) bond motifs is 2. The summed E-state index contributed by atoms with van der Waals surface area (Å²) in [6.45, 7) is 0. The van der Waals surface area contributed by atoms with Gasteiger partial charge < -0.3 is 4.42 Å². The van der Waals surface area contributed by atoms with Crippen molar-refractivity contribution >= 4 is 51.9 Å². The summed E-state index contributed by atoms with van der Waals surface area (Å²) < 4.78 is 5.47. The summed E-state index contributed by atoms with van der Waals surface area (Å²) >= 11 is 12.2. The lowest BCUT2D eigenvalue weighted by Gasteiger charge is -2.29. The van der Waals surface area contributed by atoms with Gasteiger partial charge in [0, 0.05) is 21.3 Å². The summed E-state index contributed by atoms with van der Waals surface area (Å²) in [5.74, 6) is -0.489. The number of amides is 1. The molecule has 4 aromatic rings. The molecule has 7 heteroatoms. The third kappa shape index (κ3) is 4.50. The van der Waals surface area contributed by atoms with Gasteiger partial charge >= 0.3 is 5.63 Å².